The van der Waals surface area contributed by atoms with Crippen molar-refractivity contribution in [1.82, 2.24) is 10.3 Å². The number of aromatic amines is 1. The number of piperidine rings is 1. The van der Waals surface area contributed by atoms with Crippen LogP contribution in [0.1, 0.15) is 38.4 Å². The Morgan fingerprint density at radius 3 is 2.86 bits per heavy atom. The summed E-state index contributed by atoms with van der Waals surface area (Å²) in [4.78, 5) is 14.7. The molecule has 1 saturated heterocycles. The molecule has 0 aliphatic carbocycles. The van der Waals surface area contributed by atoms with Crippen LogP contribution >= 0.6 is 0 Å². The monoisotopic (exact) mass is 192 g/mol. The number of rotatable bonds is 1. The van der Waals surface area contributed by atoms with E-state index in [0.29, 0.717) is 18.6 Å². The van der Waals surface area contributed by atoms with Gasteiger partial charge in [-0.1, -0.05) is 0 Å². The van der Waals surface area contributed by atoms with Gasteiger partial charge in [-0.15, -0.1) is 0 Å². The predicted molar refractivity (Wildman–Crippen MR) is 55.0 cm³/mol. The standard InChI is InChI=1S/C11H16N2O/c1-11(2)7-8(14)6-10(13-11)9-4-3-5-12-9/h3-5,10,12-13H,6-7H2,1-2H3. The Bertz CT molecular complexity index is 327. The van der Waals surface area contributed by atoms with Crippen LogP contribution in [-0.2, 0) is 4.79 Å². The van der Waals surface area contributed by atoms with Gasteiger partial charge in [-0.05, 0) is 26.0 Å². The molecular weight excluding hydrogens is 176 g/mol. The summed E-state index contributed by atoms with van der Waals surface area (Å²) in [7, 11) is 0. The Labute approximate surface area is 83.9 Å². The molecule has 14 heavy (non-hydrogen) atoms. The molecule has 1 aromatic heterocycles. The largest absolute Gasteiger partial charge is 0.364 e. The highest BCUT2D eigenvalue weighted by molar-refractivity contribution is 5.81. The molecule has 0 amide bonds. The van der Waals surface area contributed by atoms with E-state index in [1.54, 1.807) is 0 Å². The van der Waals surface area contributed by atoms with Crippen molar-refractivity contribution < 1.29 is 4.79 Å². The second-order valence-electron chi connectivity index (χ2n) is 4.63. The molecule has 0 spiro atoms. The fourth-order valence-electron chi connectivity index (χ4n) is 2.12. The lowest BCUT2D eigenvalue weighted by Gasteiger charge is -2.35. The van der Waals surface area contributed by atoms with E-state index in [2.05, 4.69) is 24.1 Å². The van der Waals surface area contributed by atoms with Crippen LogP contribution in [-0.4, -0.2) is 16.3 Å². The minimum atomic E-state index is -0.0783. The van der Waals surface area contributed by atoms with E-state index < -0.39 is 0 Å². The van der Waals surface area contributed by atoms with E-state index in [4.69, 9.17) is 0 Å². The summed E-state index contributed by atoms with van der Waals surface area (Å²) in [5.41, 5.74) is 1.02. The number of ketones is 1. The molecule has 1 unspecified atom stereocenters. The molecule has 76 valence electrons. The van der Waals surface area contributed by atoms with Gasteiger partial charge in [0.1, 0.15) is 5.78 Å². The third kappa shape index (κ3) is 1.87. The average molecular weight is 192 g/mol. The van der Waals surface area contributed by atoms with E-state index in [1.165, 1.54) is 0 Å². The van der Waals surface area contributed by atoms with Gasteiger partial charge in [0.25, 0.3) is 0 Å². The number of nitrogens with one attached hydrogen (secondary N) is 2. The Morgan fingerprint density at radius 2 is 2.29 bits per heavy atom. The van der Waals surface area contributed by atoms with Crippen molar-refractivity contribution in [3.8, 4) is 0 Å². The Balaban J connectivity index is 2.18. The molecule has 1 aromatic rings. The minimum absolute atomic E-state index is 0.0783. The quantitative estimate of drug-likeness (QED) is 0.712. The van der Waals surface area contributed by atoms with Crippen molar-refractivity contribution >= 4 is 5.78 Å². The van der Waals surface area contributed by atoms with Crippen molar-refractivity contribution in [3.05, 3.63) is 24.0 Å². The van der Waals surface area contributed by atoms with E-state index in [-0.39, 0.29) is 11.6 Å². The number of aromatic nitrogens is 1. The summed E-state index contributed by atoms with van der Waals surface area (Å²) in [5, 5.41) is 3.47. The lowest BCUT2D eigenvalue weighted by atomic mass is 9.87. The summed E-state index contributed by atoms with van der Waals surface area (Å²) in [6.07, 6.45) is 3.12. The first kappa shape index (κ1) is 9.46. The third-order valence-corrected chi connectivity index (χ3v) is 2.63. The molecule has 3 heteroatoms. The summed E-state index contributed by atoms with van der Waals surface area (Å²) in [6, 6.07) is 4.14. The van der Waals surface area contributed by atoms with Gasteiger partial charge in [-0.25, -0.2) is 0 Å². The molecule has 1 fully saturated rings. The van der Waals surface area contributed by atoms with E-state index >= 15 is 0 Å². The minimum Gasteiger partial charge on any atom is -0.364 e. The van der Waals surface area contributed by atoms with Gasteiger partial charge in [0, 0.05) is 30.3 Å². The second kappa shape index (κ2) is 3.24. The first-order valence-corrected chi connectivity index (χ1v) is 4.99. The Kier molecular flexibility index (Phi) is 2.19. The van der Waals surface area contributed by atoms with E-state index in [1.807, 2.05) is 18.3 Å². The van der Waals surface area contributed by atoms with E-state index in [9.17, 15) is 4.79 Å². The van der Waals surface area contributed by atoms with Gasteiger partial charge < -0.3 is 10.3 Å². The molecule has 1 atom stereocenters. The lowest BCUT2D eigenvalue weighted by molar-refractivity contribution is -0.122. The third-order valence-electron chi connectivity index (χ3n) is 2.63. The molecule has 0 aromatic carbocycles. The normalized spacial score (nSPS) is 26.4. The van der Waals surface area contributed by atoms with Crippen LogP contribution < -0.4 is 5.32 Å². The van der Waals surface area contributed by atoms with Crippen LogP contribution in [0.15, 0.2) is 18.3 Å². The maximum Gasteiger partial charge on any atom is 0.136 e. The molecule has 2 heterocycles. The van der Waals surface area contributed by atoms with Crippen LogP contribution in [0.5, 0.6) is 0 Å². The molecule has 1 aliphatic rings. The fraction of sp³-hybridized carbons (Fsp3) is 0.545. The van der Waals surface area contributed by atoms with Crippen molar-refractivity contribution in [2.75, 3.05) is 0 Å². The summed E-state index contributed by atoms with van der Waals surface area (Å²) >= 11 is 0. The molecule has 0 radical (unpaired) electrons. The smallest absolute Gasteiger partial charge is 0.136 e. The SMILES string of the molecule is CC1(C)CC(=O)CC(c2ccc[nH]2)N1. The van der Waals surface area contributed by atoms with E-state index in [0.717, 1.165) is 5.69 Å². The number of Topliss-reactive ketones (excluding diaryl/α,β-unsaturated/α-hetero) is 1. The average Bonchev–Trinajstić information content (AvgIpc) is 2.51. The number of carbonyl (C=O) groups is 1. The van der Waals surface area contributed by atoms with Crippen LogP contribution in [0.2, 0.25) is 0 Å². The van der Waals surface area contributed by atoms with Gasteiger partial charge in [0.2, 0.25) is 0 Å². The topological polar surface area (TPSA) is 44.9 Å². The highest BCUT2D eigenvalue weighted by atomic mass is 16.1. The number of hydrogen-bond acceptors (Lipinski definition) is 2. The lowest BCUT2D eigenvalue weighted by Crippen LogP contribution is -2.48. The first-order valence-electron chi connectivity index (χ1n) is 4.99. The predicted octanol–water partition coefficient (Wildman–Crippen LogP) is 1.79. The molecule has 1 aliphatic heterocycles. The molecule has 3 nitrogen and oxygen atoms in total. The fourth-order valence-corrected chi connectivity index (χ4v) is 2.12. The van der Waals surface area contributed by atoms with Crippen LogP contribution in [0.4, 0.5) is 0 Å². The Hall–Kier alpha value is -1.09. The van der Waals surface area contributed by atoms with Gasteiger partial charge >= 0.3 is 0 Å². The molecule has 0 bridgehead atoms. The van der Waals surface area contributed by atoms with Crippen molar-refractivity contribution in [3.63, 3.8) is 0 Å². The molecule has 2 rings (SSSR count). The maximum absolute atomic E-state index is 11.5. The number of hydrogen-bond donors (Lipinski definition) is 2. The Morgan fingerprint density at radius 1 is 1.50 bits per heavy atom. The molecule has 0 saturated carbocycles. The van der Waals surface area contributed by atoms with Gasteiger partial charge in [0.05, 0.1) is 6.04 Å². The number of carbonyl (C=O) groups excluding carboxylic acids is 1. The number of H-pyrrole nitrogens is 1. The van der Waals surface area contributed by atoms with Crippen LogP contribution in [0, 0.1) is 0 Å². The van der Waals surface area contributed by atoms with Gasteiger partial charge in [-0.2, -0.15) is 0 Å². The molecular formula is C11H16N2O. The zero-order valence-corrected chi connectivity index (χ0v) is 8.63. The highest BCUT2D eigenvalue weighted by Gasteiger charge is 2.32. The van der Waals surface area contributed by atoms with Crippen molar-refractivity contribution in [1.29, 1.82) is 0 Å². The van der Waals surface area contributed by atoms with Crippen LogP contribution in [0.3, 0.4) is 0 Å². The second-order valence-corrected chi connectivity index (χ2v) is 4.63. The van der Waals surface area contributed by atoms with Crippen molar-refractivity contribution in [2.24, 2.45) is 0 Å². The van der Waals surface area contributed by atoms with Gasteiger partial charge in [0.15, 0.2) is 0 Å². The summed E-state index contributed by atoms with van der Waals surface area (Å²) in [6.45, 7) is 4.14. The van der Waals surface area contributed by atoms with Gasteiger partial charge in [-0.3, -0.25) is 4.79 Å². The summed E-state index contributed by atoms with van der Waals surface area (Å²) < 4.78 is 0. The van der Waals surface area contributed by atoms with Crippen molar-refractivity contribution in [2.45, 2.75) is 38.3 Å². The highest BCUT2D eigenvalue weighted by Crippen LogP contribution is 2.27. The zero-order chi connectivity index (χ0) is 10.2. The first-order chi connectivity index (χ1) is 6.57. The van der Waals surface area contributed by atoms with Crippen LogP contribution in [0.25, 0.3) is 0 Å². The molecule has 2 N–H and O–H groups in total. The zero-order valence-electron chi connectivity index (χ0n) is 8.63. The maximum atomic E-state index is 11.5. The summed E-state index contributed by atoms with van der Waals surface area (Å²) in [5.74, 6) is 0.341.